The van der Waals surface area contributed by atoms with Gasteiger partial charge in [0, 0.05) is 6.04 Å². The summed E-state index contributed by atoms with van der Waals surface area (Å²) in [6, 6.07) is -0.770. The highest BCUT2D eigenvalue weighted by Crippen LogP contribution is 2.54. The van der Waals surface area contributed by atoms with Gasteiger partial charge >= 0.3 is 12.1 Å². The number of hydrogen-bond donors (Lipinski definition) is 0. The second-order valence-corrected chi connectivity index (χ2v) is 4.32. The van der Waals surface area contributed by atoms with Crippen LogP contribution in [0.1, 0.15) is 29.9 Å². The van der Waals surface area contributed by atoms with Crippen molar-refractivity contribution in [3.8, 4) is 0 Å². The summed E-state index contributed by atoms with van der Waals surface area (Å²) in [6.45, 7) is 1.76. The van der Waals surface area contributed by atoms with Crippen molar-refractivity contribution in [1.29, 1.82) is 0 Å². The molecule has 0 spiro atoms. The number of hydrogen-bond acceptors (Lipinski definition) is 3. The van der Waals surface area contributed by atoms with E-state index in [4.69, 9.17) is 16.3 Å². The van der Waals surface area contributed by atoms with Crippen LogP contribution in [-0.2, 0) is 4.74 Å². The molecule has 4 nitrogen and oxygen atoms in total. The number of nitrogens with zero attached hydrogens (tertiary/aromatic N) is 2. The Morgan fingerprint density at radius 1 is 1.67 bits per heavy atom. The largest absolute Gasteiger partial charge is 0.461 e. The molecule has 0 bridgehead atoms. The molecule has 0 radical (unpaired) electrons. The monoisotopic (exact) mass is 282 g/mol. The Bertz CT molecular complexity index is 472. The number of carbonyl (C=O) groups excluding carboxylic acids is 1. The molecule has 1 unspecified atom stereocenters. The molecular formula is C10H10ClF3N2O2. The Morgan fingerprint density at radius 3 is 2.83 bits per heavy atom. The minimum atomic E-state index is -4.25. The Hall–Kier alpha value is -1.24. The van der Waals surface area contributed by atoms with Gasteiger partial charge in [-0.15, -0.1) is 0 Å². The Morgan fingerprint density at radius 2 is 2.33 bits per heavy atom. The molecule has 0 aromatic carbocycles. The molecule has 1 fully saturated rings. The number of alkyl halides is 3. The lowest BCUT2D eigenvalue weighted by Gasteiger charge is -2.06. The fourth-order valence-electron chi connectivity index (χ4n) is 1.75. The van der Waals surface area contributed by atoms with E-state index in [2.05, 4.69) is 4.98 Å². The van der Waals surface area contributed by atoms with E-state index in [9.17, 15) is 18.0 Å². The van der Waals surface area contributed by atoms with Crippen molar-refractivity contribution >= 4 is 17.6 Å². The van der Waals surface area contributed by atoms with Crippen LogP contribution < -0.4 is 0 Å². The molecule has 1 aromatic rings. The summed E-state index contributed by atoms with van der Waals surface area (Å²) in [7, 11) is 0. The second kappa shape index (κ2) is 4.46. The van der Waals surface area contributed by atoms with E-state index < -0.39 is 24.1 Å². The average Bonchev–Trinajstić information content (AvgIpc) is 2.97. The van der Waals surface area contributed by atoms with E-state index in [1.165, 1.54) is 4.57 Å². The van der Waals surface area contributed by atoms with Crippen molar-refractivity contribution in [2.75, 3.05) is 6.61 Å². The maximum absolute atomic E-state index is 12.4. The van der Waals surface area contributed by atoms with Crippen LogP contribution in [0.2, 0.25) is 5.15 Å². The molecule has 0 amide bonds. The summed E-state index contributed by atoms with van der Waals surface area (Å²) in [5, 5.41) is -0.106. The molecule has 1 aromatic heterocycles. The third-order valence-corrected chi connectivity index (χ3v) is 3.11. The Kier molecular flexibility index (Phi) is 3.27. The zero-order chi connectivity index (χ0) is 13.5. The minimum Gasteiger partial charge on any atom is -0.461 e. The summed E-state index contributed by atoms with van der Waals surface area (Å²) in [5.41, 5.74) is -0.147. The van der Waals surface area contributed by atoms with E-state index in [0.29, 0.717) is 0 Å². The lowest BCUT2D eigenvalue weighted by atomic mass is 10.4. The molecule has 0 N–H and O–H groups in total. The third-order valence-electron chi connectivity index (χ3n) is 2.74. The van der Waals surface area contributed by atoms with Crippen molar-refractivity contribution < 1.29 is 22.7 Å². The molecule has 1 aliphatic rings. The van der Waals surface area contributed by atoms with Gasteiger partial charge in [0.2, 0.25) is 0 Å². The maximum atomic E-state index is 12.4. The van der Waals surface area contributed by atoms with E-state index in [1.54, 1.807) is 6.92 Å². The number of rotatable bonds is 3. The summed E-state index contributed by atoms with van der Waals surface area (Å²) in [4.78, 5) is 15.1. The van der Waals surface area contributed by atoms with Gasteiger partial charge in [-0.25, -0.2) is 9.78 Å². The summed E-state index contributed by atoms with van der Waals surface area (Å²) in [6.07, 6.45) is -3.14. The second-order valence-electron chi connectivity index (χ2n) is 3.96. The van der Waals surface area contributed by atoms with Crippen LogP contribution in [0.15, 0.2) is 6.33 Å². The van der Waals surface area contributed by atoms with Crippen LogP contribution in [0.3, 0.4) is 0 Å². The number of ether oxygens (including phenoxy) is 1. The summed E-state index contributed by atoms with van der Waals surface area (Å²) >= 11 is 5.84. The molecule has 1 saturated carbocycles. The first-order valence-electron chi connectivity index (χ1n) is 5.32. The van der Waals surface area contributed by atoms with E-state index >= 15 is 0 Å². The molecule has 2 atom stereocenters. The van der Waals surface area contributed by atoms with E-state index in [-0.39, 0.29) is 23.9 Å². The average molecular weight is 283 g/mol. The molecule has 100 valence electrons. The maximum Gasteiger partial charge on any atom is 0.393 e. The molecule has 8 heteroatoms. The van der Waals surface area contributed by atoms with E-state index in [0.717, 1.165) is 6.33 Å². The van der Waals surface area contributed by atoms with Gasteiger partial charge < -0.3 is 9.30 Å². The van der Waals surface area contributed by atoms with Gasteiger partial charge in [-0.3, -0.25) is 0 Å². The third kappa shape index (κ3) is 2.31. The first-order valence-corrected chi connectivity index (χ1v) is 5.70. The van der Waals surface area contributed by atoms with Crippen LogP contribution in [0.25, 0.3) is 0 Å². The highest BCUT2D eigenvalue weighted by atomic mass is 35.5. The van der Waals surface area contributed by atoms with Gasteiger partial charge in [-0.05, 0) is 13.3 Å². The molecule has 1 heterocycles. The van der Waals surface area contributed by atoms with Crippen molar-refractivity contribution in [2.24, 2.45) is 5.92 Å². The standard InChI is InChI=1S/C10H10ClF3N2O2/c1-2-18-9(17)7-8(11)16(4-15-7)6-3-5(6)10(12,13)14/h4-6H,2-3H2,1H3/t5?,6-/m0/s1. The minimum absolute atomic E-state index is 0.0398. The van der Waals surface area contributed by atoms with Crippen molar-refractivity contribution in [3.63, 3.8) is 0 Å². The van der Waals surface area contributed by atoms with Gasteiger partial charge in [0.15, 0.2) is 5.69 Å². The first kappa shape index (κ1) is 13.2. The van der Waals surface area contributed by atoms with Gasteiger partial charge in [-0.1, -0.05) is 11.6 Å². The van der Waals surface area contributed by atoms with Crippen LogP contribution in [-0.4, -0.2) is 28.3 Å². The van der Waals surface area contributed by atoms with Gasteiger partial charge in [-0.2, -0.15) is 13.2 Å². The summed E-state index contributed by atoms with van der Waals surface area (Å²) < 4.78 is 43.1. The normalized spacial score (nSPS) is 22.9. The van der Waals surface area contributed by atoms with Crippen molar-refractivity contribution in [2.45, 2.75) is 25.6 Å². The van der Waals surface area contributed by atoms with Gasteiger partial charge in [0.05, 0.1) is 18.9 Å². The quantitative estimate of drug-likeness (QED) is 0.801. The van der Waals surface area contributed by atoms with Crippen LogP contribution >= 0.6 is 11.6 Å². The fraction of sp³-hybridized carbons (Fsp3) is 0.600. The number of aromatic nitrogens is 2. The molecular weight excluding hydrogens is 273 g/mol. The van der Waals surface area contributed by atoms with Crippen molar-refractivity contribution in [3.05, 3.63) is 17.2 Å². The van der Waals surface area contributed by atoms with Gasteiger partial charge in [0.1, 0.15) is 5.15 Å². The first-order chi connectivity index (χ1) is 8.36. The highest BCUT2D eigenvalue weighted by molar-refractivity contribution is 6.32. The van der Waals surface area contributed by atoms with E-state index in [1.807, 2.05) is 0 Å². The Balaban J connectivity index is 2.16. The molecule has 2 rings (SSSR count). The predicted octanol–water partition coefficient (Wildman–Crippen LogP) is 2.84. The topological polar surface area (TPSA) is 44.1 Å². The summed E-state index contributed by atoms with van der Waals surface area (Å²) in [5.74, 6) is -2.15. The molecule has 0 aliphatic heterocycles. The molecule has 18 heavy (non-hydrogen) atoms. The zero-order valence-electron chi connectivity index (χ0n) is 9.37. The van der Waals surface area contributed by atoms with Gasteiger partial charge in [0.25, 0.3) is 0 Å². The van der Waals surface area contributed by atoms with Crippen LogP contribution in [0.5, 0.6) is 0 Å². The smallest absolute Gasteiger partial charge is 0.393 e. The molecule has 1 aliphatic carbocycles. The lowest BCUT2D eigenvalue weighted by molar-refractivity contribution is -0.150. The number of esters is 1. The molecule has 0 saturated heterocycles. The van der Waals surface area contributed by atoms with Crippen molar-refractivity contribution in [1.82, 2.24) is 9.55 Å². The number of carbonyl (C=O) groups is 1. The SMILES string of the molecule is CCOC(=O)c1ncn([C@H]2CC2C(F)(F)F)c1Cl. The number of halogens is 4. The highest BCUT2D eigenvalue weighted by Gasteiger charge is 2.57. The fourth-order valence-corrected chi connectivity index (χ4v) is 2.05. The van der Waals surface area contributed by atoms with Crippen LogP contribution in [0.4, 0.5) is 13.2 Å². The Labute approximate surface area is 106 Å². The van der Waals surface area contributed by atoms with Crippen LogP contribution in [0, 0.1) is 5.92 Å². The predicted molar refractivity (Wildman–Crippen MR) is 56.4 cm³/mol. The zero-order valence-corrected chi connectivity index (χ0v) is 10.1. The number of imidazole rings is 1. The lowest BCUT2D eigenvalue weighted by Crippen LogP contribution is -2.13.